The van der Waals surface area contributed by atoms with Gasteiger partial charge in [0.15, 0.2) is 0 Å². The SMILES string of the molecule is CC(C)CNC(=O)c1cc(N)ccn1. The molecule has 4 nitrogen and oxygen atoms in total. The first-order chi connectivity index (χ1) is 6.59. The van der Waals surface area contributed by atoms with Gasteiger partial charge >= 0.3 is 0 Å². The summed E-state index contributed by atoms with van der Waals surface area (Å²) in [6.07, 6.45) is 1.53. The zero-order valence-electron chi connectivity index (χ0n) is 8.45. The Labute approximate surface area is 83.5 Å². The number of pyridine rings is 1. The normalized spacial score (nSPS) is 10.2. The average Bonchev–Trinajstić information content (AvgIpc) is 2.14. The van der Waals surface area contributed by atoms with Gasteiger partial charge in [-0.3, -0.25) is 9.78 Å². The van der Waals surface area contributed by atoms with E-state index in [1.807, 2.05) is 13.8 Å². The van der Waals surface area contributed by atoms with Gasteiger partial charge in [-0.2, -0.15) is 0 Å². The molecule has 0 saturated heterocycles. The number of aromatic nitrogens is 1. The van der Waals surface area contributed by atoms with Crippen molar-refractivity contribution < 1.29 is 4.79 Å². The Morgan fingerprint density at radius 1 is 1.64 bits per heavy atom. The van der Waals surface area contributed by atoms with Crippen molar-refractivity contribution in [2.45, 2.75) is 13.8 Å². The average molecular weight is 193 g/mol. The molecule has 4 heteroatoms. The topological polar surface area (TPSA) is 68.0 Å². The van der Waals surface area contributed by atoms with Crippen molar-refractivity contribution in [1.29, 1.82) is 0 Å². The van der Waals surface area contributed by atoms with Crippen LogP contribution < -0.4 is 11.1 Å². The highest BCUT2D eigenvalue weighted by molar-refractivity contribution is 5.92. The second-order valence-electron chi connectivity index (χ2n) is 3.58. The van der Waals surface area contributed by atoms with Crippen LogP contribution in [0.3, 0.4) is 0 Å². The smallest absolute Gasteiger partial charge is 0.269 e. The first-order valence-corrected chi connectivity index (χ1v) is 4.59. The molecule has 0 spiro atoms. The van der Waals surface area contributed by atoms with Crippen LogP contribution in [0.25, 0.3) is 0 Å². The van der Waals surface area contributed by atoms with Gasteiger partial charge in [0.25, 0.3) is 5.91 Å². The van der Waals surface area contributed by atoms with Crippen LogP contribution in [0.5, 0.6) is 0 Å². The molecule has 0 saturated carbocycles. The molecule has 1 aromatic heterocycles. The quantitative estimate of drug-likeness (QED) is 0.754. The zero-order chi connectivity index (χ0) is 10.6. The number of hydrogen-bond acceptors (Lipinski definition) is 3. The summed E-state index contributed by atoms with van der Waals surface area (Å²) in [7, 11) is 0. The number of anilines is 1. The molecular weight excluding hydrogens is 178 g/mol. The maximum atomic E-state index is 11.5. The van der Waals surface area contributed by atoms with Crippen LogP contribution in [0.4, 0.5) is 5.69 Å². The number of nitrogens with two attached hydrogens (primary N) is 1. The number of nitrogens with one attached hydrogen (secondary N) is 1. The molecule has 1 aromatic rings. The van der Waals surface area contributed by atoms with Gasteiger partial charge in [0.1, 0.15) is 5.69 Å². The van der Waals surface area contributed by atoms with E-state index in [1.165, 1.54) is 6.20 Å². The molecule has 0 aromatic carbocycles. The maximum absolute atomic E-state index is 11.5. The minimum Gasteiger partial charge on any atom is -0.399 e. The molecular formula is C10H15N3O. The van der Waals surface area contributed by atoms with Gasteiger partial charge in [-0.05, 0) is 18.1 Å². The lowest BCUT2D eigenvalue weighted by molar-refractivity contribution is 0.0944. The van der Waals surface area contributed by atoms with E-state index >= 15 is 0 Å². The van der Waals surface area contributed by atoms with Gasteiger partial charge in [-0.1, -0.05) is 13.8 Å². The molecule has 0 radical (unpaired) electrons. The van der Waals surface area contributed by atoms with Crippen molar-refractivity contribution in [3.8, 4) is 0 Å². The first kappa shape index (κ1) is 10.5. The van der Waals surface area contributed by atoms with Crippen molar-refractivity contribution >= 4 is 11.6 Å². The molecule has 1 rings (SSSR count). The van der Waals surface area contributed by atoms with E-state index in [2.05, 4.69) is 10.3 Å². The Morgan fingerprint density at radius 2 is 2.36 bits per heavy atom. The fraction of sp³-hybridized carbons (Fsp3) is 0.400. The largest absolute Gasteiger partial charge is 0.399 e. The Morgan fingerprint density at radius 3 is 2.93 bits per heavy atom. The van der Waals surface area contributed by atoms with Gasteiger partial charge in [0.2, 0.25) is 0 Å². The summed E-state index contributed by atoms with van der Waals surface area (Å²) in [6, 6.07) is 3.22. The minimum absolute atomic E-state index is 0.175. The molecule has 0 aliphatic carbocycles. The van der Waals surface area contributed by atoms with Crippen LogP contribution in [-0.2, 0) is 0 Å². The van der Waals surface area contributed by atoms with Crippen LogP contribution in [0, 0.1) is 5.92 Å². The van der Waals surface area contributed by atoms with Gasteiger partial charge in [0, 0.05) is 18.4 Å². The first-order valence-electron chi connectivity index (χ1n) is 4.59. The van der Waals surface area contributed by atoms with E-state index in [0.29, 0.717) is 23.8 Å². The number of nitrogen functional groups attached to an aromatic ring is 1. The summed E-state index contributed by atoms with van der Waals surface area (Å²) in [6.45, 7) is 4.72. The second kappa shape index (κ2) is 4.60. The Bertz CT molecular complexity index is 323. The highest BCUT2D eigenvalue weighted by Gasteiger charge is 2.06. The van der Waals surface area contributed by atoms with E-state index < -0.39 is 0 Å². The maximum Gasteiger partial charge on any atom is 0.269 e. The van der Waals surface area contributed by atoms with E-state index in [4.69, 9.17) is 5.73 Å². The third-order valence-corrected chi connectivity index (χ3v) is 1.69. The van der Waals surface area contributed by atoms with E-state index in [-0.39, 0.29) is 5.91 Å². The molecule has 0 unspecified atom stereocenters. The third kappa shape index (κ3) is 3.05. The Hall–Kier alpha value is -1.58. The van der Waals surface area contributed by atoms with Gasteiger partial charge in [-0.25, -0.2) is 0 Å². The summed E-state index contributed by atoms with van der Waals surface area (Å²) in [5.74, 6) is 0.256. The molecule has 0 aliphatic heterocycles. The third-order valence-electron chi connectivity index (χ3n) is 1.69. The van der Waals surface area contributed by atoms with Crippen LogP contribution in [0.2, 0.25) is 0 Å². The van der Waals surface area contributed by atoms with Crippen molar-refractivity contribution in [3.63, 3.8) is 0 Å². The Balaban J connectivity index is 2.61. The molecule has 76 valence electrons. The summed E-state index contributed by atoms with van der Waals surface area (Å²) < 4.78 is 0. The lowest BCUT2D eigenvalue weighted by Gasteiger charge is -2.06. The van der Waals surface area contributed by atoms with Gasteiger partial charge in [0.05, 0.1) is 0 Å². The van der Waals surface area contributed by atoms with Crippen LogP contribution in [0.1, 0.15) is 24.3 Å². The fourth-order valence-corrected chi connectivity index (χ4v) is 0.958. The van der Waals surface area contributed by atoms with Crippen LogP contribution >= 0.6 is 0 Å². The minimum atomic E-state index is -0.175. The molecule has 1 amide bonds. The van der Waals surface area contributed by atoms with Gasteiger partial charge in [-0.15, -0.1) is 0 Å². The number of rotatable bonds is 3. The monoisotopic (exact) mass is 193 g/mol. The van der Waals surface area contributed by atoms with E-state index in [1.54, 1.807) is 12.1 Å². The summed E-state index contributed by atoms with van der Waals surface area (Å²) in [5, 5.41) is 2.77. The zero-order valence-corrected chi connectivity index (χ0v) is 8.45. The van der Waals surface area contributed by atoms with E-state index in [9.17, 15) is 4.79 Å². The lowest BCUT2D eigenvalue weighted by Crippen LogP contribution is -2.28. The number of hydrogen-bond donors (Lipinski definition) is 2. The number of nitrogens with zero attached hydrogens (tertiary/aromatic N) is 1. The second-order valence-corrected chi connectivity index (χ2v) is 3.58. The summed E-state index contributed by atoms with van der Waals surface area (Å²) in [4.78, 5) is 15.4. The molecule has 14 heavy (non-hydrogen) atoms. The molecule has 0 atom stereocenters. The summed E-state index contributed by atoms with van der Waals surface area (Å²) in [5.41, 5.74) is 6.45. The van der Waals surface area contributed by atoms with E-state index in [0.717, 1.165) is 0 Å². The van der Waals surface area contributed by atoms with Crippen LogP contribution in [0.15, 0.2) is 18.3 Å². The molecule has 3 N–H and O–H groups in total. The van der Waals surface area contributed by atoms with Crippen molar-refractivity contribution in [2.24, 2.45) is 5.92 Å². The highest BCUT2D eigenvalue weighted by Crippen LogP contribution is 2.02. The molecule has 0 bridgehead atoms. The van der Waals surface area contributed by atoms with Crippen molar-refractivity contribution in [1.82, 2.24) is 10.3 Å². The fourth-order valence-electron chi connectivity index (χ4n) is 0.958. The molecule has 0 fully saturated rings. The van der Waals surface area contributed by atoms with Gasteiger partial charge < -0.3 is 11.1 Å². The predicted molar refractivity (Wildman–Crippen MR) is 55.8 cm³/mol. The predicted octanol–water partition coefficient (Wildman–Crippen LogP) is 1.05. The van der Waals surface area contributed by atoms with Crippen molar-refractivity contribution in [3.05, 3.63) is 24.0 Å². The number of carbonyl (C=O) groups excluding carboxylic acids is 1. The summed E-state index contributed by atoms with van der Waals surface area (Å²) >= 11 is 0. The lowest BCUT2D eigenvalue weighted by atomic mass is 10.2. The molecule has 0 aliphatic rings. The number of carbonyl (C=O) groups is 1. The standard InChI is InChI=1S/C10H15N3O/c1-7(2)6-13-10(14)9-5-8(11)3-4-12-9/h3-5,7H,6H2,1-2H3,(H2,11,12)(H,13,14). The van der Waals surface area contributed by atoms with Crippen molar-refractivity contribution in [2.75, 3.05) is 12.3 Å². The Kier molecular flexibility index (Phi) is 3.45. The van der Waals surface area contributed by atoms with Crippen LogP contribution in [-0.4, -0.2) is 17.4 Å². The molecule has 1 heterocycles. The highest BCUT2D eigenvalue weighted by atomic mass is 16.1. The number of amides is 1.